The summed E-state index contributed by atoms with van der Waals surface area (Å²) in [4.78, 5) is 10.4. The molecule has 0 unspecified atom stereocenters. The Morgan fingerprint density at radius 3 is 1.53 bits per heavy atom. The van der Waals surface area contributed by atoms with E-state index in [4.69, 9.17) is 9.97 Å². The SMILES string of the molecule is N#Cc1cc(C#N)cc(-c2cc(-c3nc(-c4ccccc4)cc(-c4ccccc4)n3)cc(-n3c4ccccc4c4ccc(-c5ccccc5)cc43)c2)c1. The Kier molecular flexibility index (Phi) is 7.86. The zero-order chi connectivity index (χ0) is 35.7. The molecule has 0 aliphatic heterocycles. The predicted octanol–water partition coefficient (Wildman–Crippen LogP) is 11.7. The number of aromatic nitrogens is 3. The van der Waals surface area contributed by atoms with E-state index in [0.29, 0.717) is 17.0 Å². The van der Waals surface area contributed by atoms with E-state index < -0.39 is 0 Å². The van der Waals surface area contributed by atoms with Gasteiger partial charge in [-0.05, 0) is 76.9 Å². The first kappa shape index (κ1) is 31.4. The molecule has 9 rings (SSSR count). The molecule has 9 aromatic rings. The fourth-order valence-electron chi connectivity index (χ4n) is 7.11. The van der Waals surface area contributed by atoms with Crippen LogP contribution in [0, 0.1) is 22.7 Å². The normalized spacial score (nSPS) is 11.0. The number of nitrogens with zero attached hydrogens (tertiary/aromatic N) is 5. The second-order valence-corrected chi connectivity index (χ2v) is 12.9. The first-order valence-electron chi connectivity index (χ1n) is 17.4. The summed E-state index contributed by atoms with van der Waals surface area (Å²) in [5.41, 5.74) is 12.1. The average molecular weight is 676 g/mol. The van der Waals surface area contributed by atoms with Gasteiger partial charge in [-0.15, -0.1) is 0 Å². The van der Waals surface area contributed by atoms with Crippen molar-refractivity contribution in [3.05, 3.63) is 187 Å². The highest BCUT2D eigenvalue weighted by atomic mass is 15.0. The summed E-state index contributed by atoms with van der Waals surface area (Å²) in [6, 6.07) is 63.9. The van der Waals surface area contributed by atoms with Gasteiger partial charge in [-0.1, -0.05) is 121 Å². The minimum atomic E-state index is 0.420. The van der Waals surface area contributed by atoms with Gasteiger partial charge >= 0.3 is 0 Å². The summed E-state index contributed by atoms with van der Waals surface area (Å²) in [5.74, 6) is 0.566. The van der Waals surface area contributed by atoms with Gasteiger partial charge in [0.15, 0.2) is 5.82 Å². The van der Waals surface area contributed by atoms with Crippen molar-refractivity contribution in [3.63, 3.8) is 0 Å². The van der Waals surface area contributed by atoms with E-state index >= 15 is 0 Å². The summed E-state index contributed by atoms with van der Waals surface area (Å²) in [5, 5.41) is 22.1. The first-order valence-corrected chi connectivity index (χ1v) is 17.4. The topological polar surface area (TPSA) is 78.3 Å². The lowest BCUT2D eigenvalue weighted by Crippen LogP contribution is -1.99. The Bertz CT molecular complexity index is 2810. The molecule has 0 saturated carbocycles. The molecule has 0 bridgehead atoms. The molecule has 0 atom stereocenters. The Labute approximate surface area is 307 Å². The van der Waals surface area contributed by atoms with Crippen LogP contribution in [0.3, 0.4) is 0 Å². The van der Waals surface area contributed by atoms with Crippen molar-refractivity contribution >= 4 is 21.8 Å². The molecule has 0 amide bonds. The second-order valence-electron chi connectivity index (χ2n) is 12.9. The van der Waals surface area contributed by atoms with Crippen LogP contribution < -0.4 is 0 Å². The monoisotopic (exact) mass is 675 g/mol. The van der Waals surface area contributed by atoms with Crippen molar-refractivity contribution in [2.45, 2.75) is 0 Å². The maximum atomic E-state index is 9.92. The third-order valence-corrected chi connectivity index (χ3v) is 9.60. The van der Waals surface area contributed by atoms with Crippen molar-refractivity contribution in [2.75, 3.05) is 0 Å². The fraction of sp³-hybridized carbons (Fsp3) is 0. The lowest BCUT2D eigenvalue weighted by atomic mass is 9.97. The quantitative estimate of drug-likeness (QED) is 0.176. The third-order valence-electron chi connectivity index (χ3n) is 9.60. The van der Waals surface area contributed by atoms with Gasteiger partial charge in [0.2, 0.25) is 0 Å². The summed E-state index contributed by atoms with van der Waals surface area (Å²) in [6.45, 7) is 0. The molecular formula is C48H29N5. The average Bonchev–Trinajstić information content (AvgIpc) is 3.57. The van der Waals surface area contributed by atoms with Gasteiger partial charge in [0, 0.05) is 33.2 Å². The Morgan fingerprint density at radius 2 is 0.906 bits per heavy atom. The highest BCUT2D eigenvalue weighted by Crippen LogP contribution is 2.38. The lowest BCUT2D eigenvalue weighted by Gasteiger charge is -2.15. The summed E-state index contributed by atoms with van der Waals surface area (Å²) in [7, 11) is 0. The molecule has 7 aromatic carbocycles. The Hall–Kier alpha value is -7.60. The van der Waals surface area contributed by atoms with E-state index in [2.05, 4.69) is 126 Å². The molecule has 0 radical (unpaired) electrons. The van der Waals surface area contributed by atoms with E-state index in [0.717, 1.165) is 77.8 Å². The zero-order valence-electron chi connectivity index (χ0n) is 28.5. The Balaban J connectivity index is 1.35. The summed E-state index contributed by atoms with van der Waals surface area (Å²) >= 11 is 0. The van der Waals surface area contributed by atoms with Gasteiger partial charge in [-0.3, -0.25) is 0 Å². The minimum Gasteiger partial charge on any atom is -0.309 e. The maximum absolute atomic E-state index is 9.92. The van der Waals surface area contributed by atoms with Gasteiger partial charge in [0.05, 0.1) is 45.7 Å². The molecule has 0 fully saturated rings. The molecule has 246 valence electrons. The number of rotatable bonds is 6. The number of nitriles is 2. The fourth-order valence-corrected chi connectivity index (χ4v) is 7.11. The van der Waals surface area contributed by atoms with E-state index in [-0.39, 0.29) is 0 Å². The van der Waals surface area contributed by atoms with Crippen LogP contribution in [-0.4, -0.2) is 14.5 Å². The minimum absolute atomic E-state index is 0.420. The molecule has 53 heavy (non-hydrogen) atoms. The zero-order valence-corrected chi connectivity index (χ0v) is 28.5. The van der Waals surface area contributed by atoms with Crippen LogP contribution in [-0.2, 0) is 0 Å². The van der Waals surface area contributed by atoms with Gasteiger partial charge < -0.3 is 4.57 Å². The number of fused-ring (bicyclic) bond motifs is 3. The molecule has 2 heterocycles. The molecule has 0 spiro atoms. The summed E-state index contributed by atoms with van der Waals surface area (Å²) in [6.07, 6.45) is 0. The van der Waals surface area contributed by atoms with Crippen molar-refractivity contribution in [2.24, 2.45) is 0 Å². The molecule has 0 aliphatic rings. The first-order chi connectivity index (χ1) is 26.1. The largest absolute Gasteiger partial charge is 0.309 e. The maximum Gasteiger partial charge on any atom is 0.160 e. The third kappa shape index (κ3) is 5.89. The standard InChI is InChI=1S/C48H29N5/c49-30-32-22-33(31-50)24-38(23-32)39-25-40(48-51-44(35-14-6-2-7-15-35)29-45(52-48)36-16-8-3-9-17-36)27-41(26-39)53-46-19-11-10-18-42(46)43-21-20-37(28-47(43)53)34-12-4-1-5-13-34/h1-29H. The van der Waals surface area contributed by atoms with Crippen LogP contribution in [0.2, 0.25) is 0 Å². The van der Waals surface area contributed by atoms with Gasteiger partial charge in [0.1, 0.15) is 0 Å². The molecule has 5 nitrogen and oxygen atoms in total. The smallest absolute Gasteiger partial charge is 0.160 e. The molecule has 0 N–H and O–H groups in total. The van der Waals surface area contributed by atoms with Gasteiger partial charge in [0.25, 0.3) is 0 Å². The lowest BCUT2D eigenvalue weighted by molar-refractivity contribution is 1.16. The van der Waals surface area contributed by atoms with Gasteiger partial charge in [-0.25, -0.2) is 9.97 Å². The predicted molar refractivity (Wildman–Crippen MR) is 213 cm³/mol. The molecule has 2 aromatic heterocycles. The van der Waals surface area contributed by atoms with E-state index in [1.807, 2.05) is 60.7 Å². The van der Waals surface area contributed by atoms with Crippen LogP contribution in [0.5, 0.6) is 0 Å². The number of para-hydroxylation sites is 1. The Morgan fingerprint density at radius 1 is 0.377 bits per heavy atom. The van der Waals surface area contributed by atoms with E-state index in [9.17, 15) is 10.5 Å². The number of benzene rings is 7. The van der Waals surface area contributed by atoms with Crippen molar-refractivity contribution in [3.8, 4) is 74.0 Å². The van der Waals surface area contributed by atoms with E-state index in [1.54, 1.807) is 6.07 Å². The highest BCUT2D eigenvalue weighted by Gasteiger charge is 2.18. The van der Waals surface area contributed by atoms with Crippen LogP contribution in [0.4, 0.5) is 0 Å². The molecule has 0 aliphatic carbocycles. The molecule has 0 saturated heterocycles. The van der Waals surface area contributed by atoms with Crippen LogP contribution in [0.25, 0.3) is 83.6 Å². The second kappa shape index (κ2) is 13.3. The molecular weight excluding hydrogens is 647 g/mol. The van der Waals surface area contributed by atoms with E-state index in [1.165, 1.54) is 0 Å². The van der Waals surface area contributed by atoms with Crippen molar-refractivity contribution in [1.29, 1.82) is 10.5 Å². The summed E-state index contributed by atoms with van der Waals surface area (Å²) < 4.78 is 2.29. The van der Waals surface area contributed by atoms with Crippen LogP contribution in [0.1, 0.15) is 11.1 Å². The van der Waals surface area contributed by atoms with Crippen LogP contribution in [0.15, 0.2) is 176 Å². The van der Waals surface area contributed by atoms with Crippen molar-refractivity contribution in [1.82, 2.24) is 14.5 Å². The van der Waals surface area contributed by atoms with Gasteiger partial charge in [-0.2, -0.15) is 10.5 Å². The number of hydrogen-bond donors (Lipinski definition) is 0. The van der Waals surface area contributed by atoms with Crippen molar-refractivity contribution < 1.29 is 0 Å². The number of hydrogen-bond acceptors (Lipinski definition) is 4. The molecule has 5 heteroatoms. The van der Waals surface area contributed by atoms with Crippen LogP contribution >= 0.6 is 0 Å². The highest BCUT2D eigenvalue weighted by molar-refractivity contribution is 6.10.